The Bertz CT molecular complexity index is 1260. The summed E-state index contributed by atoms with van der Waals surface area (Å²) in [5, 5.41) is 2.29. The molecule has 1 unspecified atom stereocenters. The normalized spacial score (nSPS) is 14.6. The number of ether oxygens (including phenoxy) is 1. The maximum atomic E-state index is 13.9. The molecule has 0 radical (unpaired) electrons. The van der Waals surface area contributed by atoms with Crippen LogP contribution >= 0.6 is 0 Å². The zero-order valence-corrected chi connectivity index (χ0v) is 17.7. The highest BCUT2D eigenvalue weighted by molar-refractivity contribution is 6.06. The van der Waals surface area contributed by atoms with E-state index < -0.39 is 46.9 Å². The number of carbonyl (C=O) groups is 2. The fourth-order valence-corrected chi connectivity index (χ4v) is 3.74. The summed E-state index contributed by atoms with van der Waals surface area (Å²) in [4.78, 5) is 32.2. The molecule has 0 aliphatic carbocycles. The smallest absolute Gasteiger partial charge is 0.339 e. The molecule has 0 saturated carbocycles. The van der Waals surface area contributed by atoms with E-state index in [4.69, 9.17) is 4.74 Å². The minimum absolute atomic E-state index is 0.0263. The second-order valence-electron chi connectivity index (χ2n) is 7.80. The predicted molar refractivity (Wildman–Crippen MR) is 112 cm³/mol. The average molecular weight is 461 g/mol. The summed E-state index contributed by atoms with van der Waals surface area (Å²) in [5.41, 5.74) is 0.952. The van der Waals surface area contributed by atoms with Crippen molar-refractivity contribution in [2.24, 2.45) is 0 Å². The number of amides is 1. The van der Waals surface area contributed by atoms with Gasteiger partial charge in [0.2, 0.25) is 0 Å². The third-order valence-corrected chi connectivity index (χ3v) is 5.45. The molecule has 172 valence electrons. The van der Waals surface area contributed by atoms with Crippen molar-refractivity contribution in [1.82, 2.24) is 9.88 Å². The van der Waals surface area contributed by atoms with E-state index in [-0.39, 0.29) is 11.6 Å². The van der Waals surface area contributed by atoms with Gasteiger partial charge in [-0.3, -0.25) is 9.78 Å². The Labute approximate surface area is 186 Å². The number of rotatable bonds is 4. The molecule has 0 spiro atoms. The predicted octanol–water partition coefficient (Wildman–Crippen LogP) is 3.96. The Morgan fingerprint density at radius 2 is 1.79 bits per heavy atom. The van der Waals surface area contributed by atoms with E-state index in [9.17, 15) is 27.2 Å². The average Bonchev–Trinajstić information content (AvgIpc) is 2.78. The first-order valence-corrected chi connectivity index (χ1v) is 10.1. The van der Waals surface area contributed by atoms with Crippen LogP contribution in [0.3, 0.4) is 0 Å². The summed E-state index contributed by atoms with van der Waals surface area (Å²) in [5.74, 6) is -8.86. The zero-order valence-electron chi connectivity index (χ0n) is 17.7. The lowest BCUT2D eigenvalue weighted by Crippen LogP contribution is -2.33. The number of benzene rings is 2. The van der Waals surface area contributed by atoms with Gasteiger partial charge in [0, 0.05) is 42.2 Å². The van der Waals surface area contributed by atoms with Crippen LogP contribution in [0, 0.1) is 23.3 Å². The number of hydrogen-bond donors (Lipinski definition) is 1. The zero-order chi connectivity index (χ0) is 23.9. The monoisotopic (exact) mass is 461 g/mol. The molecule has 2 heterocycles. The van der Waals surface area contributed by atoms with Crippen molar-refractivity contribution in [1.29, 1.82) is 0 Å². The lowest BCUT2D eigenvalue weighted by atomic mass is 9.96. The molecule has 1 aliphatic rings. The van der Waals surface area contributed by atoms with Gasteiger partial charge >= 0.3 is 5.97 Å². The number of nitrogens with one attached hydrogen (secondary N) is 1. The number of anilines is 1. The molecule has 2 aromatic carbocycles. The first-order chi connectivity index (χ1) is 15.7. The Morgan fingerprint density at radius 1 is 1.12 bits per heavy atom. The second kappa shape index (κ2) is 8.78. The Hall–Kier alpha value is -3.53. The van der Waals surface area contributed by atoms with Gasteiger partial charge in [0.25, 0.3) is 5.91 Å². The SMILES string of the molecule is CC(OC(=O)c1c2c(nc3ccccc13)CCN(C)C2)C(=O)Nc1c(F)c(F)cc(F)c1F. The number of pyridine rings is 1. The summed E-state index contributed by atoms with van der Waals surface area (Å²) < 4.78 is 59.9. The minimum Gasteiger partial charge on any atom is -0.449 e. The molecule has 0 saturated heterocycles. The second-order valence-corrected chi connectivity index (χ2v) is 7.80. The molecule has 0 fully saturated rings. The number of halogens is 4. The number of nitrogens with zero attached hydrogens (tertiary/aromatic N) is 2. The van der Waals surface area contributed by atoms with E-state index in [1.807, 2.05) is 11.9 Å². The van der Waals surface area contributed by atoms with Crippen LogP contribution in [-0.2, 0) is 22.5 Å². The third-order valence-electron chi connectivity index (χ3n) is 5.45. The molecule has 1 amide bonds. The Kier molecular flexibility index (Phi) is 6.03. The van der Waals surface area contributed by atoms with Crippen LogP contribution in [0.5, 0.6) is 0 Å². The van der Waals surface area contributed by atoms with Crippen LogP contribution in [0.1, 0.15) is 28.5 Å². The fraction of sp³-hybridized carbons (Fsp3) is 0.261. The van der Waals surface area contributed by atoms with Crippen LogP contribution < -0.4 is 5.32 Å². The maximum absolute atomic E-state index is 13.9. The van der Waals surface area contributed by atoms with Crippen LogP contribution in [0.4, 0.5) is 23.2 Å². The highest BCUT2D eigenvalue weighted by Gasteiger charge is 2.29. The molecule has 10 heteroatoms. The highest BCUT2D eigenvalue weighted by Crippen LogP contribution is 2.29. The standard InChI is InChI=1S/C23H19F4N3O3/c1-11(22(31)29-21-19(26)14(24)9-15(25)20(21)27)33-23(32)18-12-5-3-4-6-16(12)28-17-7-8-30(2)10-13(17)18/h3-6,9,11H,7-8,10H2,1-2H3,(H,29,31). The van der Waals surface area contributed by atoms with Crippen molar-refractivity contribution < 1.29 is 31.9 Å². The molecule has 33 heavy (non-hydrogen) atoms. The first kappa shape index (κ1) is 22.7. The van der Waals surface area contributed by atoms with Gasteiger partial charge in [-0.1, -0.05) is 18.2 Å². The van der Waals surface area contributed by atoms with Crippen molar-refractivity contribution in [3.63, 3.8) is 0 Å². The van der Waals surface area contributed by atoms with Gasteiger partial charge in [-0.15, -0.1) is 0 Å². The Balaban J connectivity index is 1.63. The van der Waals surface area contributed by atoms with Crippen molar-refractivity contribution in [2.45, 2.75) is 26.0 Å². The number of hydrogen-bond acceptors (Lipinski definition) is 5. The largest absolute Gasteiger partial charge is 0.449 e. The van der Waals surface area contributed by atoms with Gasteiger partial charge in [0.05, 0.1) is 11.1 Å². The molecule has 1 atom stereocenters. The lowest BCUT2D eigenvalue weighted by molar-refractivity contribution is -0.123. The van der Waals surface area contributed by atoms with Gasteiger partial charge < -0.3 is 15.0 Å². The van der Waals surface area contributed by atoms with E-state index in [1.165, 1.54) is 6.92 Å². The fourth-order valence-electron chi connectivity index (χ4n) is 3.74. The molecular formula is C23H19F4N3O3. The molecule has 1 N–H and O–H groups in total. The van der Waals surface area contributed by atoms with Crippen molar-refractivity contribution >= 4 is 28.5 Å². The van der Waals surface area contributed by atoms with E-state index in [1.54, 1.807) is 29.6 Å². The van der Waals surface area contributed by atoms with Crippen molar-refractivity contribution in [3.05, 3.63) is 70.4 Å². The van der Waals surface area contributed by atoms with Gasteiger partial charge in [0.1, 0.15) is 5.69 Å². The summed E-state index contributed by atoms with van der Waals surface area (Å²) >= 11 is 0. The molecule has 1 aliphatic heterocycles. The molecule has 1 aromatic heterocycles. The maximum Gasteiger partial charge on any atom is 0.339 e. The molecule has 3 aromatic rings. The molecule has 4 rings (SSSR count). The summed E-state index contributed by atoms with van der Waals surface area (Å²) in [6.07, 6.45) is -0.900. The van der Waals surface area contributed by atoms with Crippen LogP contribution in [-0.4, -0.2) is 41.5 Å². The van der Waals surface area contributed by atoms with Gasteiger partial charge in [-0.2, -0.15) is 0 Å². The third kappa shape index (κ3) is 4.25. The molecule has 0 bridgehead atoms. The lowest BCUT2D eigenvalue weighted by Gasteiger charge is -2.27. The number of likely N-dealkylation sites (N-methyl/N-ethyl adjacent to an activating group) is 1. The summed E-state index contributed by atoms with van der Waals surface area (Å²) in [6.45, 7) is 2.38. The molecule has 6 nitrogen and oxygen atoms in total. The van der Waals surface area contributed by atoms with Crippen LogP contribution in [0.25, 0.3) is 10.9 Å². The topological polar surface area (TPSA) is 71.5 Å². The van der Waals surface area contributed by atoms with Gasteiger partial charge in [0.15, 0.2) is 29.4 Å². The number of fused-ring (bicyclic) bond motifs is 2. The van der Waals surface area contributed by atoms with Crippen LogP contribution in [0.2, 0.25) is 0 Å². The highest BCUT2D eigenvalue weighted by atomic mass is 19.2. The number of carbonyl (C=O) groups excluding carboxylic acids is 2. The quantitative estimate of drug-likeness (QED) is 0.362. The number of aromatic nitrogens is 1. The summed E-state index contributed by atoms with van der Waals surface area (Å²) in [7, 11) is 1.89. The van der Waals surface area contributed by atoms with E-state index in [2.05, 4.69) is 4.98 Å². The summed E-state index contributed by atoms with van der Waals surface area (Å²) in [6, 6.07) is 7.01. The van der Waals surface area contributed by atoms with Crippen LogP contribution in [0.15, 0.2) is 30.3 Å². The van der Waals surface area contributed by atoms with E-state index in [0.717, 1.165) is 12.2 Å². The number of para-hydroxylation sites is 1. The number of esters is 1. The van der Waals surface area contributed by atoms with Crippen molar-refractivity contribution in [2.75, 3.05) is 18.9 Å². The van der Waals surface area contributed by atoms with Gasteiger partial charge in [-0.25, -0.2) is 22.4 Å². The van der Waals surface area contributed by atoms with E-state index in [0.29, 0.717) is 29.4 Å². The minimum atomic E-state index is -1.77. The first-order valence-electron chi connectivity index (χ1n) is 10.1. The van der Waals surface area contributed by atoms with E-state index >= 15 is 0 Å². The molecular weight excluding hydrogens is 442 g/mol. The van der Waals surface area contributed by atoms with Gasteiger partial charge in [-0.05, 0) is 20.0 Å². The van der Waals surface area contributed by atoms with Crippen molar-refractivity contribution in [3.8, 4) is 0 Å². The Morgan fingerprint density at radius 3 is 2.48 bits per heavy atom.